The Morgan fingerprint density at radius 3 is 2.19 bits per heavy atom. The summed E-state index contributed by atoms with van der Waals surface area (Å²) in [7, 11) is 0. The molecule has 0 amide bonds. The highest BCUT2D eigenvalue weighted by Gasteiger charge is 2.00. The van der Waals surface area contributed by atoms with Crippen LogP contribution in [-0.4, -0.2) is 18.2 Å². The summed E-state index contributed by atoms with van der Waals surface area (Å²) in [5.74, 6) is 1.61. The van der Waals surface area contributed by atoms with Crippen molar-refractivity contribution < 1.29 is 9.47 Å². The van der Waals surface area contributed by atoms with Gasteiger partial charge in [-0.1, -0.05) is 28.1 Å². The molecule has 0 unspecified atom stereocenters. The van der Waals surface area contributed by atoms with Crippen LogP contribution in [0.4, 0.5) is 0 Å². The number of nitrogens with two attached hydrogens (primary N) is 1. The first-order valence-corrected chi connectivity index (χ1v) is 7.68. The molecule has 2 aromatic carbocycles. The highest BCUT2D eigenvalue weighted by Crippen LogP contribution is 2.21. The minimum absolute atomic E-state index is 0.385. The first-order valence-electron chi connectivity index (χ1n) is 6.48. The SMILES string of the molecule is Cc1cc(OCCOc2ccc(C(N)=S)cc2)ccc1Br. The Morgan fingerprint density at radius 2 is 1.62 bits per heavy atom. The minimum Gasteiger partial charge on any atom is -0.490 e. The lowest BCUT2D eigenvalue weighted by molar-refractivity contribution is 0.217. The van der Waals surface area contributed by atoms with E-state index >= 15 is 0 Å². The Bertz CT molecular complexity index is 629. The number of hydrogen-bond acceptors (Lipinski definition) is 3. The third-order valence-electron chi connectivity index (χ3n) is 2.89. The van der Waals surface area contributed by atoms with Crippen molar-refractivity contribution in [1.82, 2.24) is 0 Å². The van der Waals surface area contributed by atoms with Crippen LogP contribution in [0.25, 0.3) is 0 Å². The zero-order valence-electron chi connectivity index (χ0n) is 11.6. The molecule has 0 aromatic heterocycles. The lowest BCUT2D eigenvalue weighted by Gasteiger charge is -2.09. The monoisotopic (exact) mass is 365 g/mol. The van der Waals surface area contributed by atoms with Crippen molar-refractivity contribution in [2.24, 2.45) is 5.73 Å². The van der Waals surface area contributed by atoms with Gasteiger partial charge in [0, 0.05) is 10.0 Å². The summed E-state index contributed by atoms with van der Waals surface area (Å²) in [6.45, 7) is 2.98. The summed E-state index contributed by atoms with van der Waals surface area (Å²) in [5.41, 5.74) is 7.51. The molecule has 0 saturated carbocycles. The predicted molar refractivity (Wildman–Crippen MR) is 92.2 cm³/mol. The minimum atomic E-state index is 0.385. The zero-order chi connectivity index (χ0) is 15.2. The Kier molecular flexibility index (Phi) is 5.59. The third-order valence-corrected chi connectivity index (χ3v) is 4.01. The maximum Gasteiger partial charge on any atom is 0.122 e. The number of aryl methyl sites for hydroxylation is 1. The van der Waals surface area contributed by atoms with Gasteiger partial charge in [0.1, 0.15) is 29.7 Å². The van der Waals surface area contributed by atoms with Crippen molar-refractivity contribution in [2.75, 3.05) is 13.2 Å². The molecule has 5 heteroatoms. The quantitative estimate of drug-likeness (QED) is 0.623. The van der Waals surface area contributed by atoms with Crippen LogP contribution in [0.3, 0.4) is 0 Å². The summed E-state index contributed by atoms with van der Waals surface area (Å²) in [6, 6.07) is 13.3. The van der Waals surface area contributed by atoms with Crippen molar-refractivity contribution in [2.45, 2.75) is 6.92 Å². The molecular formula is C16H16BrNO2S. The number of rotatable bonds is 6. The molecule has 2 N–H and O–H groups in total. The van der Waals surface area contributed by atoms with E-state index in [1.54, 1.807) is 0 Å². The maximum absolute atomic E-state index is 5.64. The second-order valence-electron chi connectivity index (χ2n) is 4.50. The van der Waals surface area contributed by atoms with Crippen LogP contribution in [0.2, 0.25) is 0 Å². The Labute approximate surface area is 138 Å². The van der Waals surface area contributed by atoms with Crippen LogP contribution in [0.1, 0.15) is 11.1 Å². The van der Waals surface area contributed by atoms with E-state index in [4.69, 9.17) is 27.4 Å². The van der Waals surface area contributed by atoms with Gasteiger partial charge in [-0.3, -0.25) is 0 Å². The average Bonchev–Trinajstić information content (AvgIpc) is 2.47. The molecular weight excluding hydrogens is 350 g/mol. The molecule has 0 saturated heterocycles. The molecule has 2 aromatic rings. The van der Waals surface area contributed by atoms with Gasteiger partial charge in [0.2, 0.25) is 0 Å². The average molecular weight is 366 g/mol. The van der Waals surface area contributed by atoms with Gasteiger partial charge in [0.15, 0.2) is 0 Å². The van der Waals surface area contributed by atoms with Crippen molar-refractivity contribution in [3.8, 4) is 11.5 Å². The number of hydrogen-bond donors (Lipinski definition) is 1. The fraction of sp³-hybridized carbons (Fsp3) is 0.188. The molecule has 0 fully saturated rings. The fourth-order valence-corrected chi connectivity index (χ4v) is 2.12. The molecule has 0 aliphatic heterocycles. The smallest absolute Gasteiger partial charge is 0.122 e. The zero-order valence-corrected chi connectivity index (χ0v) is 14.0. The Hall–Kier alpha value is -1.59. The highest BCUT2D eigenvalue weighted by atomic mass is 79.9. The molecule has 110 valence electrons. The van der Waals surface area contributed by atoms with E-state index in [0.29, 0.717) is 18.2 Å². The van der Waals surface area contributed by atoms with Crippen molar-refractivity contribution in [1.29, 1.82) is 0 Å². The molecule has 2 rings (SSSR count). The first kappa shape index (κ1) is 15.8. The van der Waals surface area contributed by atoms with Crippen LogP contribution in [0.5, 0.6) is 11.5 Å². The van der Waals surface area contributed by atoms with Crippen LogP contribution in [-0.2, 0) is 0 Å². The summed E-state index contributed by atoms with van der Waals surface area (Å²) in [6.07, 6.45) is 0. The third kappa shape index (κ3) is 4.72. The number of halogens is 1. The second-order valence-corrected chi connectivity index (χ2v) is 5.79. The summed E-state index contributed by atoms with van der Waals surface area (Å²) in [5, 5.41) is 0. The van der Waals surface area contributed by atoms with E-state index in [1.165, 1.54) is 0 Å². The molecule has 0 aliphatic rings. The number of ether oxygens (including phenoxy) is 2. The van der Waals surface area contributed by atoms with E-state index in [1.807, 2.05) is 49.4 Å². The van der Waals surface area contributed by atoms with E-state index < -0.39 is 0 Å². The summed E-state index contributed by atoms with van der Waals surface area (Å²) in [4.78, 5) is 0.385. The van der Waals surface area contributed by atoms with Crippen LogP contribution in [0.15, 0.2) is 46.9 Å². The topological polar surface area (TPSA) is 44.5 Å². The predicted octanol–water partition coefficient (Wildman–Crippen LogP) is 3.85. The Morgan fingerprint density at radius 1 is 1.05 bits per heavy atom. The normalized spacial score (nSPS) is 10.2. The molecule has 0 heterocycles. The maximum atomic E-state index is 5.64. The first-order chi connectivity index (χ1) is 10.1. The van der Waals surface area contributed by atoms with Gasteiger partial charge in [0.25, 0.3) is 0 Å². The standard InChI is InChI=1S/C16H16BrNO2S/c1-11-10-14(6-7-15(11)17)20-9-8-19-13-4-2-12(3-5-13)16(18)21/h2-7,10H,8-9H2,1H3,(H2,18,21). The van der Waals surface area contributed by atoms with Crippen molar-refractivity contribution in [3.63, 3.8) is 0 Å². The largest absolute Gasteiger partial charge is 0.490 e. The second kappa shape index (κ2) is 7.43. The molecule has 0 aliphatic carbocycles. The lowest BCUT2D eigenvalue weighted by Crippen LogP contribution is -2.10. The molecule has 3 nitrogen and oxygen atoms in total. The van der Waals surface area contributed by atoms with E-state index in [9.17, 15) is 0 Å². The van der Waals surface area contributed by atoms with Gasteiger partial charge >= 0.3 is 0 Å². The molecule has 0 bridgehead atoms. The van der Waals surface area contributed by atoms with Gasteiger partial charge in [-0.2, -0.15) is 0 Å². The van der Waals surface area contributed by atoms with Gasteiger partial charge < -0.3 is 15.2 Å². The number of thiocarbonyl (C=S) groups is 1. The van der Waals surface area contributed by atoms with Crippen LogP contribution >= 0.6 is 28.1 Å². The fourth-order valence-electron chi connectivity index (χ4n) is 1.74. The number of benzene rings is 2. The van der Waals surface area contributed by atoms with Gasteiger partial charge in [-0.25, -0.2) is 0 Å². The van der Waals surface area contributed by atoms with E-state index in [0.717, 1.165) is 27.1 Å². The summed E-state index contributed by atoms with van der Waals surface area (Å²) < 4.78 is 12.3. The highest BCUT2D eigenvalue weighted by molar-refractivity contribution is 9.10. The van der Waals surface area contributed by atoms with Crippen LogP contribution in [0, 0.1) is 6.92 Å². The van der Waals surface area contributed by atoms with E-state index in [-0.39, 0.29) is 0 Å². The van der Waals surface area contributed by atoms with Crippen molar-refractivity contribution in [3.05, 3.63) is 58.1 Å². The molecule has 21 heavy (non-hydrogen) atoms. The van der Waals surface area contributed by atoms with Gasteiger partial charge in [-0.05, 0) is 55.0 Å². The lowest BCUT2D eigenvalue weighted by atomic mass is 10.2. The molecule has 0 radical (unpaired) electrons. The van der Waals surface area contributed by atoms with Crippen LogP contribution < -0.4 is 15.2 Å². The van der Waals surface area contributed by atoms with Gasteiger partial charge in [0.05, 0.1) is 0 Å². The molecule has 0 spiro atoms. The Balaban J connectivity index is 1.79. The van der Waals surface area contributed by atoms with E-state index in [2.05, 4.69) is 15.9 Å². The van der Waals surface area contributed by atoms with Crippen molar-refractivity contribution >= 4 is 33.1 Å². The molecule has 0 atom stereocenters. The van der Waals surface area contributed by atoms with Gasteiger partial charge in [-0.15, -0.1) is 0 Å². The summed E-state index contributed by atoms with van der Waals surface area (Å²) >= 11 is 8.36.